The van der Waals surface area contributed by atoms with Gasteiger partial charge in [0.15, 0.2) is 5.15 Å². The van der Waals surface area contributed by atoms with Gasteiger partial charge in [-0.15, -0.1) is 0 Å². The van der Waals surface area contributed by atoms with Crippen molar-refractivity contribution in [1.82, 2.24) is 30.2 Å². The molecule has 2 aliphatic heterocycles. The molecule has 0 aromatic carbocycles. The standard InChI is InChI=1S/C25H30ClN7O2/c1-16(30-25-28-11-17(12-29-25)10-22(34)31-21-14-35-15-21)18-5-8-33(9-6-18)13-20-3-2-19-4-7-27-24(26)23(19)32-20/h2-4,7,11-12,16,18,21H,5-6,8-10,13-15H2,1H3,(H,31,34)(H,28,29,30)/t16-/m0/s1. The molecule has 2 N–H and O–H groups in total. The number of anilines is 1. The molecule has 2 fully saturated rings. The number of halogens is 1. The third kappa shape index (κ3) is 6.04. The van der Waals surface area contributed by atoms with E-state index in [2.05, 4.69) is 49.5 Å². The third-order valence-corrected chi connectivity index (χ3v) is 7.05. The van der Waals surface area contributed by atoms with Crippen LogP contribution in [-0.4, -0.2) is 69.1 Å². The van der Waals surface area contributed by atoms with Gasteiger partial charge in [0.25, 0.3) is 0 Å². The molecule has 1 amide bonds. The molecule has 10 heteroatoms. The second kappa shape index (κ2) is 10.8. The number of carbonyl (C=O) groups is 1. The molecule has 1 atom stereocenters. The van der Waals surface area contributed by atoms with Gasteiger partial charge in [-0.1, -0.05) is 17.7 Å². The van der Waals surface area contributed by atoms with Gasteiger partial charge in [0.05, 0.1) is 31.4 Å². The molecule has 0 aliphatic carbocycles. The number of hydrogen-bond donors (Lipinski definition) is 2. The summed E-state index contributed by atoms with van der Waals surface area (Å²) >= 11 is 6.22. The third-order valence-electron chi connectivity index (χ3n) is 6.78. The Balaban J connectivity index is 1.08. The van der Waals surface area contributed by atoms with E-state index in [4.69, 9.17) is 21.3 Å². The fourth-order valence-corrected chi connectivity index (χ4v) is 4.82. The van der Waals surface area contributed by atoms with Crippen LogP contribution in [0.4, 0.5) is 5.95 Å². The molecule has 35 heavy (non-hydrogen) atoms. The number of piperidine rings is 1. The number of likely N-dealkylation sites (tertiary alicyclic amines) is 1. The first kappa shape index (κ1) is 23.8. The summed E-state index contributed by atoms with van der Waals surface area (Å²) in [4.78, 5) is 32.2. The van der Waals surface area contributed by atoms with Crippen LogP contribution in [-0.2, 0) is 22.5 Å². The zero-order valence-corrected chi connectivity index (χ0v) is 20.5. The molecule has 184 valence electrons. The van der Waals surface area contributed by atoms with Crippen molar-refractivity contribution >= 4 is 34.4 Å². The highest BCUT2D eigenvalue weighted by molar-refractivity contribution is 6.33. The van der Waals surface area contributed by atoms with Crippen molar-refractivity contribution in [2.75, 3.05) is 31.6 Å². The Hall–Kier alpha value is -2.88. The SMILES string of the molecule is C[C@H](Nc1ncc(CC(=O)NC2COC2)cn1)C1CCN(Cc2ccc3ccnc(Cl)c3n2)CC1. The van der Waals surface area contributed by atoms with Gasteiger partial charge in [-0.3, -0.25) is 9.69 Å². The number of amides is 1. The van der Waals surface area contributed by atoms with Crippen LogP contribution in [0, 0.1) is 5.92 Å². The van der Waals surface area contributed by atoms with Gasteiger partial charge < -0.3 is 15.4 Å². The van der Waals surface area contributed by atoms with Gasteiger partial charge in [-0.2, -0.15) is 0 Å². The highest BCUT2D eigenvalue weighted by atomic mass is 35.5. The van der Waals surface area contributed by atoms with Crippen molar-refractivity contribution < 1.29 is 9.53 Å². The predicted molar refractivity (Wildman–Crippen MR) is 134 cm³/mol. The second-order valence-corrected chi connectivity index (χ2v) is 9.77. The van der Waals surface area contributed by atoms with E-state index in [-0.39, 0.29) is 24.4 Å². The summed E-state index contributed by atoms with van der Waals surface area (Å²) in [6.07, 6.45) is 7.61. The second-order valence-electron chi connectivity index (χ2n) is 9.42. The fourth-order valence-electron chi connectivity index (χ4n) is 4.61. The lowest BCUT2D eigenvalue weighted by molar-refractivity contribution is -0.124. The summed E-state index contributed by atoms with van der Waals surface area (Å²) in [6.45, 7) is 6.20. The zero-order valence-electron chi connectivity index (χ0n) is 19.8. The number of nitrogens with zero attached hydrogens (tertiary/aromatic N) is 5. The fraction of sp³-hybridized carbons (Fsp3) is 0.480. The topological polar surface area (TPSA) is 105 Å². The van der Waals surface area contributed by atoms with Crippen LogP contribution in [0.1, 0.15) is 31.0 Å². The van der Waals surface area contributed by atoms with Gasteiger partial charge in [0, 0.05) is 36.6 Å². The van der Waals surface area contributed by atoms with Crippen LogP contribution in [0.15, 0.2) is 36.8 Å². The van der Waals surface area contributed by atoms with Gasteiger partial charge in [0.1, 0.15) is 5.52 Å². The maximum atomic E-state index is 12.0. The first-order valence-electron chi connectivity index (χ1n) is 12.1. The molecule has 0 radical (unpaired) electrons. The van der Waals surface area contributed by atoms with E-state index in [1.54, 1.807) is 18.6 Å². The molecule has 0 saturated carbocycles. The number of hydrogen-bond acceptors (Lipinski definition) is 8. The molecule has 3 aromatic rings. The molecule has 2 aliphatic rings. The smallest absolute Gasteiger partial charge is 0.224 e. The van der Waals surface area contributed by atoms with Gasteiger partial charge in [0.2, 0.25) is 11.9 Å². The Morgan fingerprint density at radius 1 is 1.17 bits per heavy atom. The summed E-state index contributed by atoms with van der Waals surface area (Å²) in [7, 11) is 0. The van der Waals surface area contributed by atoms with E-state index in [1.807, 2.05) is 6.07 Å². The number of rotatable bonds is 8. The maximum Gasteiger partial charge on any atom is 0.224 e. The molecule has 3 aromatic heterocycles. The minimum atomic E-state index is -0.0265. The van der Waals surface area contributed by atoms with Crippen molar-refractivity contribution in [1.29, 1.82) is 0 Å². The van der Waals surface area contributed by atoms with E-state index >= 15 is 0 Å². The number of carbonyl (C=O) groups excluding carboxylic acids is 1. The first-order chi connectivity index (χ1) is 17.0. The van der Waals surface area contributed by atoms with Gasteiger partial charge in [-0.25, -0.2) is 19.9 Å². The van der Waals surface area contributed by atoms with Crippen molar-refractivity contribution in [3.63, 3.8) is 0 Å². The van der Waals surface area contributed by atoms with E-state index in [1.165, 1.54) is 0 Å². The van der Waals surface area contributed by atoms with E-state index in [9.17, 15) is 4.79 Å². The summed E-state index contributed by atoms with van der Waals surface area (Å²) in [5.74, 6) is 1.11. The zero-order chi connectivity index (χ0) is 24.2. The summed E-state index contributed by atoms with van der Waals surface area (Å²) in [5.41, 5.74) is 2.58. The molecule has 5 rings (SSSR count). The highest BCUT2D eigenvalue weighted by Crippen LogP contribution is 2.24. The highest BCUT2D eigenvalue weighted by Gasteiger charge is 2.25. The Bertz CT molecular complexity index is 1160. The number of aromatic nitrogens is 4. The monoisotopic (exact) mass is 495 g/mol. The van der Waals surface area contributed by atoms with Gasteiger partial charge >= 0.3 is 0 Å². The Kier molecular flexibility index (Phi) is 7.36. The van der Waals surface area contributed by atoms with Crippen LogP contribution in [0.25, 0.3) is 10.9 Å². The van der Waals surface area contributed by atoms with Crippen LogP contribution < -0.4 is 10.6 Å². The molecule has 0 bridgehead atoms. The van der Waals surface area contributed by atoms with Crippen LogP contribution in [0.2, 0.25) is 5.15 Å². The number of ether oxygens (including phenoxy) is 1. The number of nitrogens with one attached hydrogen (secondary N) is 2. The molecule has 9 nitrogen and oxygen atoms in total. The molecular weight excluding hydrogens is 466 g/mol. The van der Waals surface area contributed by atoms with E-state index in [0.717, 1.165) is 54.6 Å². The minimum Gasteiger partial charge on any atom is -0.377 e. The largest absolute Gasteiger partial charge is 0.377 e. The Labute approximate surface area is 209 Å². The van der Waals surface area contributed by atoms with E-state index < -0.39 is 0 Å². The lowest BCUT2D eigenvalue weighted by Gasteiger charge is -2.35. The van der Waals surface area contributed by atoms with E-state index in [0.29, 0.717) is 30.2 Å². The lowest BCUT2D eigenvalue weighted by atomic mass is 9.90. The minimum absolute atomic E-state index is 0.0265. The van der Waals surface area contributed by atoms with Crippen molar-refractivity contribution in [2.45, 2.75) is 44.8 Å². The summed E-state index contributed by atoms with van der Waals surface area (Å²) in [5, 5.41) is 7.83. The van der Waals surface area contributed by atoms with Crippen molar-refractivity contribution in [2.24, 2.45) is 5.92 Å². The van der Waals surface area contributed by atoms with Gasteiger partial charge in [-0.05, 0) is 56.5 Å². The quantitative estimate of drug-likeness (QED) is 0.460. The lowest BCUT2D eigenvalue weighted by Crippen LogP contribution is -2.49. The number of fused-ring (bicyclic) bond motifs is 1. The average molecular weight is 496 g/mol. The molecule has 0 spiro atoms. The molecular formula is C25H30ClN7O2. The molecule has 2 saturated heterocycles. The Morgan fingerprint density at radius 3 is 2.66 bits per heavy atom. The molecule has 0 unspecified atom stereocenters. The number of pyridine rings is 2. The Morgan fingerprint density at radius 2 is 1.94 bits per heavy atom. The summed E-state index contributed by atoms with van der Waals surface area (Å²) in [6, 6.07) is 6.45. The maximum absolute atomic E-state index is 12.0. The predicted octanol–water partition coefficient (Wildman–Crippen LogP) is 2.84. The first-order valence-corrected chi connectivity index (χ1v) is 12.5. The normalized spacial score (nSPS) is 18.2. The van der Waals surface area contributed by atoms with Crippen LogP contribution in [0.3, 0.4) is 0 Å². The van der Waals surface area contributed by atoms with Crippen LogP contribution in [0.5, 0.6) is 0 Å². The van der Waals surface area contributed by atoms with Crippen molar-refractivity contribution in [3.05, 3.63) is 53.2 Å². The molecule has 5 heterocycles. The summed E-state index contributed by atoms with van der Waals surface area (Å²) < 4.78 is 5.08. The van der Waals surface area contributed by atoms with Crippen LogP contribution >= 0.6 is 11.6 Å². The average Bonchev–Trinajstić information content (AvgIpc) is 2.84. The van der Waals surface area contributed by atoms with Crippen molar-refractivity contribution in [3.8, 4) is 0 Å².